The second-order valence-corrected chi connectivity index (χ2v) is 13.4. The number of piperazine rings is 2. The zero-order valence-electron chi connectivity index (χ0n) is 25.3. The van der Waals surface area contributed by atoms with Gasteiger partial charge in [0, 0.05) is 75.5 Å². The van der Waals surface area contributed by atoms with Gasteiger partial charge in [-0.3, -0.25) is 14.6 Å². The minimum Gasteiger partial charge on any atom is -0.373 e. The Morgan fingerprint density at radius 2 is 1.11 bits per heavy atom. The highest BCUT2D eigenvalue weighted by atomic mass is 35.5. The molecule has 244 valence electrons. The number of Topliss-reactive ketones (excluding diaryl/α,β-unsaturated/α-hetero) is 1. The van der Waals surface area contributed by atoms with E-state index in [9.17, 15) is 4.79 Å². The number of hydrogen-bond donors (Lipinski definition) is 0. The fourth-order valence-electron chi connectivity index (χ4n) is 5.76. The van der Waals surface area contributed by atoms with Crippen molar-refractivity contribution in [3.63, 3.8) is 0 Å². The largest absolute Gasteiger partial charge is 0.373 e. The molecule has 0 amide bonds. The van der Waals surface area contributed by atoms with Crippen molar-refractivity contribution in [3.05, 3.63) is 79.9 Å². The van der Waals surface area contributed by atoms with Crippen molar-refractivity contribution in [2.45, 2.75) is 25.3 Å². The van der Waals surface area contributed by atoms with Crippen molar-refractivity contribution >= 4 is 63.3 Å². The van der Waals surface area contributed by atoms with Crippen molar-refractivity contribution in [2.75, 3.05) is 75.4 Å². The Morgan fingerprint density at radius 1 is 0.674 bits per heavy atom. The van der Waals surface area contributed by atoms with Gasteiger partial charge in [-0.25, -0.2) is 19.9 Å². The summed E-state index contributed by atoms with van der Waals surface area (Å²) in [4.78, 5) is 41.3. The van der Waals surface area contributed by atoms with Gasteiger partial charge in [0.15, 0.2) is 5.78 Å². The maximum Gasteiger partial charge on any atom is 0.171 e. The van der Waals surface area contributed by atoms with Crippen LogP contribution >= 0.6 is 45.9 Å². The predicted octanol–water partition coefficient (Wildman–Crippen LogP) is 4.38. The topological polar surface area (TPSA) is 100 Å². The minimum atomic E-state index is -0.442. The first-order valence-electron chi connectivity index (χ1n) is 15.2. The molecule has 0 aromatic carbocycles. The number of ketones is 1. The normalized spacial score (nSPS) is 17.7. The molecule has 0 aliphatic carbocycles. The van der Waals surface area contributed by atoms with E-state index in [-0.39, 0.29) is 19.0 Å². The fraction of sp³-hybridized carbons (Fsp3) is 0.452. The molecule has 6 heterocycles. The second-order valence-electron chi connectivity index (χ2n) is 11.1. The van der Waals surface area contributed by atoms with Crippen molar-refractivity contribution < 1.29 is 14.3 Å². The van der Waals surface area contributed by atoms with Crippen molar-refractivity contribution in [1.29, 1.82) is 0 Å². The lowest BCUT2D eigenvalue weighted by atomic mass is 10.0. The Kier molecular flexibility index (Phi) is 11.8. The molecule has 4 aromatic rings. The molecule has 0 radical (unpaired) electrons. The predicted molar refractivity (Wildman–Crippen MR) is 182 cm³/mol. The van der Waals surface area contributed by atoms with Crippen LogP contribution in [-0.4, -0.2) is 113 Å². The highest BCUT2D eigenvalue weighted by Gasteiger charge is 2.38. The number of thiazole rings is 2. The molecule has 0 bridgehead atoms. The number of rotatable bonds is 14. The maximum absolute atomic E-state index is 14.7. The monoisotopic (exact) mass is 702 g/mol. The molecule has 2 fully saturated rings. The lowest BCUT2D eigenvalue weighted by molar-refractivity contribution is -0.135. The molecule has 11 nitrogen and oxygen atoms in total. The number of hydrogen-bond acceptors (Lipinski definition) is 13. The Bertz CT molecular complexity index is 1370. The second kappa shape index (κ2) is 16.4. The van der Waals surface area contributed by atoms with E-state index in [1.807, 2.05) is 35.0 Å². The van der Waals surface area contributed by atoms with E-state index in [1.165, 1.54) is 22.7 Å². The highest BCUT2D eigenvalue weighted by molar-refractivity contribution is 7.07. The quantitative estimate of drug-likeness (QED) is 0.187. The molecule has 2 atom stereocenters. The Balaban J connectivity index is 1.16. The molecule has 46 heavy (non-hydrogen) atoms. The van der Waals surface area contributed by atoms with Gasteiger partial charge >= 0.3 is 0 Å². The van der Waals surface area contributed by atoms with E-state index in [1.54, 1.807) is 23.4 Å². The minimum absolute atomic E-state index is 0.104. The molecule has 2 saturated heterocycles. The van der Waals surface area contributed by atoms with Crippen LogP contribution in [-0.2, 0) is 27.5 Å². The van der Waals surface area contributed by atoms with Crippen LogP contribution in [0.25, 0.3) is 0 Å². The molecule has 0 spiro atoms. The summed E-state index contributed by atoms with van der Waals surface area (Å²) in [5, 5.41) is 5.16. The Hall–Kier alpha value is -2.75. The van der Waals surface area contributed by atoms with Crippen LogP contribution in [0.15, 0.2) is 58.4 Å². The first kappa shape index (κ1) is 33.2. The lowest BCUT2D eigenvalue weighted by Gasteiger charge is -2.43. The molecule has 15 heteroatoms. The zero-order chi connectivity index (χ0) is 31.7. The zero-order valence-corrected chi connectivity index (χ0v) is 28.4. The molecule has 2 unspecified atom stereocenters. The summed E-state index contributed by atoms with van der Waals surface area (Å²) in [7, 11) is 0. The SMILES string of the molecule is O=C(C(COCc1cscn1)N1CCN(c2ccc(Cl)cn2)CC1)C(COCc1cscn1)N1CCN(c2ccc(Cl)cn2)CC1. The third-order valence-corrected chi connectivity index (χ3v) is 9.97. The van der Waals surface area contributed by atoms with E-state index in [0.717, 1.165) is 49.2 Å². The number of ether oxygens (including phenoxy) is 2. The highest BCUT2D eigenvalue weighted by Crippen LogP contribution is 2.22. The number of halogens is 2. The molecule has 6 rings (SSSR count). The number of carbonyl (C=O) groups excluding carboxylic acids is 1. The van der Waals surface area contributed by atoms with Crippen LogP contribution in [0.1, 0.15) is 11.4 Å². The van der Waals surface area contributed by atoms with Crippen LogP contribution in [0.4, 0.5) is 11.6 Å². The maximum atomic E-state index is 14.7. The first-order chi connectivity index (χ1) is 22.5. The first-order valence-corrected chi connectivity index (χ1v) is 17.8. The van der Waals surface area contributed by atoms with Gasteiger partial charge in [-0.15, -0.1) is 22.7 Å². The number of nitrogens with zero attached hydrogens (tertiary/aromatic N) is 8. The summed E-state index contributed by atoms with van der Waals surface area (Å²) < 4.78 is 12.3. The molecule has 4 aromatic heterocycles. The smallest absolute Gasteiger partial charge is 0.171 e. The van der Waals surface area contributed by atoms with Crippen LogP contribution in [0.3, 0.4) is 0 Å². The van der Waals surface area contributed by atoms with E-state index >= 15 is 0 Å². The number of anilines is 2. The van der Waals surface area contributed by atoms with Crippen LogP contribution in [0.5, 0.6) is 0 Å². The van der Waals surface area contributed by atoms with E-state index < -0.39 is 12.1 Å². The standard InChI is InChI=1S/C31H36Cl2N8O3S2/c32-23-1-3-29(34-13-23)40-9-5-38(6-10-40)27(17-43-15-25-19-45-21-36-25)31(42)28(18-44-16-26-20-46-22-37-26)39-7-11-41(12-8-39)30-4-2-24(33)14-35-30/h1-4,13-14,19-22,27-28H,5-12,15-18H2. The Labute approximate surface area is 286 Å². The van der Waals surface area contributed by atoms with Crippen molar-refractivity contribution in [2.24, 2.45) is 0 Å². The average molecular weight is 704 g/mol. The van der Waals surface area contributed by atoms with Gasteiger partial charge < -0.3 is 19.3 Å². The van der Waals surface area contributed by atoms with Gasteiger partial charge in [0.05, 0.1) is 71.0 Å². The van der Waals surface area contributed by atoms with Crippen LogP contribution in [0, 0.1) is 0 Å². The molecule has 2 aliphatic rings. The summed E-state index contributed by atoms with van der Waals surface area (Å²) in [5.74, 6) is 1.87. The fourth-order valence-corrected chi connectivity index (χ4v) is 7.07. The summed E-state index contributed by atoms with van der Waals surface area (Å²) in [6, 6.07) is 6.70. The Morgan fingerprint density at radius 3 is 1.46 bits per heavy atom. The van der Waals surface area contributed by atoms with Gasteiger partial charge in [-0.2, -0.15) is 0 Å². The summed E-state index contributed by atoms with van der Waals surface area (Å²) >= 11 is 15.2. The van der Waals surface area contributed by atoms with E-state index in [0.29, 0.717) is 49.4 Å². The third-order valence-electron chi connectivity index (χ3n) is 8.26. The number of carbonyl (C=O) groups is 1. The molecular weight excluding hydrogens is 667 g/mol. The average Bonchev–Trinajstić information content (AvgIpc) is 3.81. The van der Waals surface area contributed by atoms with Gasteiger partial charge in [-0.05, 0) is 24.3 Å². The molecule has 0 N–H and O–H groups in total. The van der Waals surface area contributed by atoms with Gasteiger partial charge in [0.2, 0.25) is 0 Å². The lowest BCUT2D eigenvalue weighted by Crippen LogP contribution is -2.61. The number of pyridine rings is 2. The summed E-state index contributed by atoms with van der Waals surface area (Å²) in [5.41, 5.74) is 5.32. The summed E-state index contributed by atoms with van der Waals surface area (Å²) in [6.07, 6.45) is 3.34. The van der Waals surface area contributed by atoms with Crippen molar-refractivity contribution in [1.82, 2.24) is 29.7 Å². The molecule has 2 aliphatic heterocycles. The van der Waals surface area contributed by atoms with Crippen LogP contribution in [0.2, 0.25) is 10.0 Å². The molecule has 0 saturated carbocycles. The van der Waals surface area contributed by atoms with Gasteiger partial charge in [-0.1, -0.05) is 23.2 Å². The van der Waals surface area contributed by atoms with E-state index in [2.05, 4.69) is 39.5 Å². The van der Waals surface area contributed by atoms with E-state index in [4.69, 9.17) is 32.7 Å². The van der Waals surface area contributed by atoms with Crippen LogP contribution < -0.4 is 9.80 Å². The van der Waals surface area contributed by atoms with Gasteiger partial charge in [0.1, 0.15) is 11.6 Å². The van der Waals surface area contributed by atoms with Crippen molar-refractivity contribution in [3.8, 4) is 0 Å². The summed E-state index contributed by atoms with van der Waals surface area (Å²) in [6.45, 7) is 7.01. The number of aromatic nitrogens is 4. The third kappa shape index (κ3) is 8.78. The van der Waals surface area contributed by atoms with Gasteiger partial charge in [0.25, 0.3) is 0 Å². The molecular formula is C31H36Cl2N8O3S2.